The van der Waals surface area contributed by atoms with Crippen molar-refractivity contribution < 1.29 is 0 Å². The maximum atomic E-state index is 8.35. The van der Waals surface area contributed by atoms with Crippen LogP contribution < -0.4 is 0 Å². The molecule has 0 saturated heterocycles. The number of halogens is 1. The van der Waals surface area contributed by atoms with Gasteiger partial charge in [0.05, 0.1) is 6.07 Å². The Morgan fingerprint density at radius 2 is 2.25 bits per heavy atom. The summed E-state index contributed by atoms with van der Waals surface area (Å²) < 4.78 is 0. The Bertz CT molecular complexity index is 130. The van der Waals surface area contributed by atoms with Crippen LogP contribution in [-0.2, 0) is 0 Å². The number of hydrogen-bond donors (Lipinski definition) is 0. The average molecular weight is 174 g/mol. The summed E-state index contributed by atoms with van der Waals surface area (Å²) in [6.45, 7) is 3.96. The summed E-state index contributed by atoms with van der Waals surface area (Å²) >= 11 is 3.09. The maximum absolute atomic E-state index is 8.35. The number of allylic oxidation sites excluding steroid dienone is 1. The molecule has 0 bridgehead atoms. The van der Waals surface area contributed by atoms with Gasteiger partial charge in [0.15, 0.2) is 0 Å². The molecular formula is C6H8BrN. The first-order valence-corrected chi connectivity index (χ1v) is 3.34. The van der Waals surface area contributed by atoms with Crippen molar-refractivity contribution in [1.29, 1.82) is 5.26 Å². The number of nitrogens with zero attached hydrogens (tertiary/aromatic N) is 1. The molecule has 0 saturated carbocycles. The second-order valence-corrected chi connectivity index (χ2v) is 2.29. The van der Waals surface area contributed by atoms with Crippen LogP contribution in [0.3, 0.4) is 0 Å². The van der Waals surface area contributed by atoms with Crippen molar-refractivity contribution in [3.8, 4) is 6.07 Å². The highest BCUT2D eigenvalue weighted by atomic mass is 79.9. The van der Waals surface area contributed by atoms with E-state index in [9.17, 15) is 0 Å². The molecule has 0 spiro atoms. The number of hydrogen-bond acceptors (Lipinski definition) is 1. The van der Waals surface area contributed by atoms with Crippen molar-refractivity contribution in [2.75, 3.05) is 0 Å². The van der Waals surface area contributed by atoms with E-state index in [1.807, 2.05) is 13.8 Å². The Balaban J connectivity index is 3.98. The van der Waals surface area contributed by atoms with Crippen LogP contribution in [0.1, 0.15) is 13.8 Å². The molecular weight excluding hydrogens is 166 g/mol. The van der Waals surface area contributed by atoms with Crippen LogP contribution in [0.2, 0.25) is 0 Å². The van der Waals surface area contributed by atoms with Crippen LogP contribution in [0.5, 0.6) is 0 Å². The van der Waals surface area contributed by atoms with Crippen molar-refractivity contribution >= 4 is 15.9 Å². The quantitative estimate of drug-likeness (QED) is 0.560. The molecule has 0 unspecified atom stereocenters. The highest BCUT2D eigenvalue weighted by Gasteiger charge is 1.97. The summed E-state index contributed by atoms with van der Waals surface area (Å²) in [4.78, 5) is 1.66. The summed E-state index contributed by atoms with van der Waals surface area (Å²) in [5.74, 6) is 0.333. The summed E-state index contributed by atoms with van der Waals surface area (Å²) in [7, 11) is 0. The van der Waals surface area contributed by atoms with Crippen LogP contribution in [0.4, 0.5) is 0 Å². The molecule has 2 heteroatoms. The highest BCUT2D eigenvalue weighted by Crippen LogP contribution is 2.08. The maximum Gasteiger partial charge on any atom is 0.0955 e. The van der Waals surface area contributed by atoms with Crippen LogP contribution >= 0.6 is 15.9 Å². The first-order valence-electron chi connectivity index (χ1n) is 2.42. The molecule has 1 nitrogen and oxygen atoms in total. The zero-order valence-electron chi connectivity index (χ0n) is 4.98. The minimum Gasteiger partial charge on any atom is -0.193 e. The smallest absolute Gasteiger partial charge is 0.0955 e. The summed E-state index contributed by atoms with van der Waals surface area (Å²) in [5, 5.41) is 8.35. The molecule has 0 amide bonds. The van der Waals surface area contributed by atoms with Gasteiger partial charge < -0.3 is 0 Å². The lowest BCUT2D eigenvalue weighted by Crippen LogP contribution is -1.87. The van der Waals surface area contributed by atoms with Gasteiger partial charge in [0.1, 0.15) is 0 Å². The van der Waals surface area contributed by atoms with Crippen LogP contribution in [0, 0.1) is 17.2 Å². The van der Waals surface area contributed by atoms with Gasteiger partial charge in [-0.1, -0.05) is 29.8 Å². The Morgan fingerprint density at radius 1 is 1.75 bits per heavy atom. The minimum atomic E-state index is 0.333. The SMILES string of the molecule is CC(C)/C(C#N)=C\Br. The molecule has 0 aromatic carbocycles. The second kappa shape index (κ2) is 3.68. The van der Waals surface area contributed by atoms with E-state index in [2.05, 4.69) is 22.0 Å². The predicted octanol–water partition coefficient (Wildman–Crippen LogP) is 2.44. The van der Waals surface area contributed by atoms with Crippen LogP contribution in [0.15, 0.2) is 10.6 Å². The molecule has 0 atom stereocenters. The molecule has 0 heterocycles. The standard InChI is InChI=1S/C6H8BrN/c1-5(2)6(3-7)4-8/h3,5H,1-2H3/b6-3-. The third kappa shape index (κ3) is 2.13. The first kappa shape index (κ1) is 7.71. The zero-order valence-corrected chi connectivity index (χ0v) is 6.57. The molecule has 0 fully saturated rings. The van der Waals surface area contributed by atoms with E-state index in [0.717, 1.165) is 5.57 Å². The van der Waals surface area contributed by atoms with Crippen molar-refractivity contribution in [2.24, 2.45) is 5.92 Å². The predicted molar refractivity (Wildman–Crippen MR) is 37.5 cm³/mol. The largest absolute Gasteiger partial charge is 0.193 e. The Labute approximate surface area is 58.1 Å². The number of nitriles is 1. The third-order valence-corrected chi connectivity index (χ3v) is 1.36. The van der Waals surface area contributed by atoms with Gasteiger partial charge in [0.2, 0.25) is 0 Å². The van der Waals surface area contributed by atoms with Gasteiger partial charge in [-0.3, -0.25) is 0 Å². The van der Waals surface area contributed by atoms with Gasteiger partial charge in [0.25, 0.3) is 0 Å². The lowest BCUT2D eigenvalue weighted by atomic mass is 10.1. The molecule has 0 aliphatic carbocycles. The van der Waals surface area contributed by atoms with E-state index in [0.29, 0.717) is 5.92 Å². The molecule has 8 heavy (non-hydrogen) atoms. The van der Waals surface area contributed by atoms with Gasteiger partial charge >= 0.3 is 0 Å². The van der Waals surface area contributed by atoms with Gasteiger partial charge in [-0.25, -0.2) is 0 Å². The van der Waals surface area contributed by atoms with Gasteiger partial charge in [-0.15, -0.1) is 0 Å². The molecule has 0 aromatic rings. The fraction of sp³-hybridized carbons (Fsp3) is 0.500. The van der Waals surface area contributed by atoms with Crippen LogP contribution in [0.25, 0.3) is 0 Å². The van der Waals surface area contributed by atoms with Gasteiger partial charge in [-0.2, -0.15) is 5.26 Å². The van der Waals surface area contributed by atoms with Crippen molar-refractivity contribution in [1.82, 2.24) is 0 Å². The summed E-state index contributed by atoms with van der Waals surface area (Å²) in [6.07, 6.45) is 0. The van der Waals surface area contributed by atoms with Gasteiger partial charge in [0, 0.05) is 5.57 Å². The molecule has 0 aliphatic heterocycles. The molecule has 0 aromatic heterocycles. The lowest BCUT2D eigenvalue weighted by Gasteiger charge is -1.96. The van der Waals surface area contributed by atoms with E-state index < -0.39 is 0 Å². The van der Waals surface area contributed by atoms with E-state index >= 15 is 0 Å². The normalized spacial score (nSPS) is 11.6. The van der Waals surface area contributed by atoms with E-state index in [4.69, 9.17) is 5.26 Å². The molecule has 0 radical (unpaired) electrons. The van der Waals surface area contributed by atoms with Crippen molar-refractivity contribution in [3.05, 3.63) is 10.6 Å². The van der Waals surface area contributed by atoms with Crippen LogP contribution in [-0.4, -0.2) is 0 Å². The monoisotopic (exact) mass is 173 g/mol. The topological polar surface area (TPSA) is 23.8 Å². The minimum absolute atomic E-state index is 0.333. The Morgan fingerprint density at radius 3 is 2.25 bits per heavy atom. The Hall–Kier alpha value is -0.290. The lowest BCUT2D eigenvalue weighted by molar-refractivity contribution is 0.798. The van der Waals surface area contributed by atoms with E-state index in [-0.39, 0.29) is 0 Å². The molecule has 0 N–H and O–H groups in total. The first-order chi connectivity index (χ1) is 3.72. The van der Waals surface area contributed by atoms with E-state index in [1.54, 1.807) is 4.99 Å². The molecule has 0 rings (SSSR count). The second-order valence-electron chi connectivity index (χ2n) is 1.83. The van der Waals surface area contributed by atoms with Crippen molar-refractivity contribution in [2.45, 2.75) is 13.8 Å². The average Bonchev–Trinajstić information content (AvgIpc) is 1.69. The number of rotatable bonds is 1. The zero-order chi connectivity index (χ0) is 6.57. The molecule has 44 valence electrons. The highest BCUT2D eigenvalue weighted by molar-refractivity contribution is 9.11. The summed E-state index contributed by atoms with van der Waals surface area (Å²) in [6, 6.07) is 2.07. The fourth-order valence-electron chi connectivity index (χ4n) is 0.279. The van der Waals surface area contributed by atoms with Gasteiger partial charge in [-0.05, 0) is 10.9 Å². The fourth-order valence-corrected chi connectivity index (χ4v) is 0.911. The molecule has 0 aliphatic rings. The van der Waals surface area contributed by atoms with E-state index in [1.165, 1.54) is 0 Å². The van der Waals surface area contributed by atoms with Crippen molar-refractivity contribution in [3.63, 3.8) is 0 Å². The summed E-state index contributed by atoms with van der Waals surface area (Å²) in [5.41, 5.74) is 0.782. The third-order valence-electron chi connectivity index (χ3n) is 0.869. The Kier molecular flexibility index (Phi) is 3.55.